The molecule has 0 saturated carbocycles. The Kier molecular flexibility index (Phi) is 3.55. The quantitative estimate of drug-likeness (QED) is 0.711. The number of nitrogens with one attached hydrogen (secondary N) is 2. The predicted octanol–water partition coefficient (Wildman–Crippen LogP) is 5.04. The maximum Gasteiger partial charge on any atom is 0.201 e. The molecule has 0 spiro atoms. The van der Waals surface area contributed by atoms with Gasteiger partial charge in [-0.15, -0.1) is 0 Å². The van der Waals surface area contributed by atoms with Crippen molar-refractivity contribution in [2.75, 3.05) is 5.32 Å². The highest BCUT2D eigenvalue weighted by Crippen LogP contribution is 2.28. The van der Waals surface area contributed by atoms with E-state index in [0.717, 1.165) is 22.5 Å². The molecule has 2 aromatic carbocycles. The van der Waals surface area contributed by atoms with Gasteiger partial charge in [0, 0.05) is 10.0 Å². The number of hydrogen-bond acceptors (Lipinski definition) is 2. The van der Waals surface area contributed by atoms with Gasteiger partial charge >= 0.3 is 0 Å². The van der Waals surface area contributed by atoms with Crippen LogP contribution in [-0.4, -0.2) is 9.97 Å². The van der Waals surface area contributed by atoms with Gasteiger partial charge in [-0.05, 0) is 36.8 Å². The van der Waals surface area contributed by atoms with Crippen molar-refractivity contribution >= 4 is 40.2 Å². The minimum atomic E-state index is 0.0281. The number of aromatic amines is 1. The number of aromatic nitrogens is 2. The fourth-order valence-electron chi connectivity index (χ4n) is 2.16. The maximum atomic E-state index is 6.21. The van der Waals surface area contributed by atoms with Crippen LogP contribution in [0.15, 0.2) is 42.5 Å². The van der Waals surface area contributed by atoms with E-state index in [1.807, 2.05) is 43.3 Å². The number of hydrogen-bond donors (Lipinski definition) is 2. The Labute approximate surface area is 126 Å². The average molecular weight is 306 g/mol. The Morgan fingerprint density at radius 3 is 2.70 bits per heavy atom. The van der Waals surface area contributed by atoms with Crippen LogP contribution in [0.3, 0.4) is 0 Å². The standard InChI is InChI=1S/C15H13Cl2N3/c1-9(11-7-6-10(16)8-12(11)17)18-15-19-13-4-2-3-5-14(13)20-15/h2-9H,1H3,(H2,18,19,20). The first-order chi connectivity index (χ1) is 9.63. The molecule has 3 nitrogen and oxygen atoms in total. The lowest BCUT2D eigenvalue weighted by atomic mass is 10.1. The number of para-hydroxylation sites is 2. The lowest BCUT2D eigenvalue weighted by Crippen LogP contribution is -2.08. The number of fused-ring (bicyclic) bond motifs is 1. The number of anilines is 1. The highest BCUT2D eigenvalue weighted by Gasteiger charge is 2.11. The molecule has 0 aliphatic carbocycles. The van der Waals surface area contributed by atoms with Crippen LogP contribution in [0, 0.1) is 0 Å². The van der Waals surface area contributed by atoms with Gasteiger partial charge in [0.25, 0.3) is 0 Å². The molecule has 0 fully saturated rings. The van der Waals surface area contributed by atoms with Crippen LogP contribution in [0.4, 0.5) is 5.95 Å². The Hall–Kier alpha value is -1.71. The number of H-pyrrole nitrogens is 1. The van der Waals surface area contributed by atoms with Crippen LogP contribution in [0.25, 0.3) is 11.0 Å². The van der Waals surface area contributed by atoms with Gasteiger partial charge in [0.2, 0.25) is 5.95 Å². The van der Waals surface area contributed by atoms with Crippen molar-refractivity contribution < 1.29 is 0 Å². The Balaban J connectivity index is 1.86. The molecule has 1 heterocycles. The average Bonchev–Trinajstić information content (AvgIpc) is 2.80. The molecule has 0 amide bonds. The van der Waals surface area contributed by atoms with Crippen molar-refractivity contribution in [3.05, 3.63) is 58.1 Å². The van der Waals surface area contributed by atoms with E-state index in [9.17, 15) is 0 Å². The van der Waals surface area contributed by atoms with Gasteiger partial charge in [-0.1, -0.05) is 41.4 Å². The van der Waals surface area contributed by atoms with E-state index in [1.165, 1.54) is 0 Å². The molecule has 1 aromatic heterocycles. The number of nitrogens with zero attached hydrogens (tertiary/aromatic N) is 1. The summed E-state index contributed by atoms with van der Waals surface area (Å²) < 4.78 is 0. The van der Waals surface area contributed by atoms with Crippen LogP contribution < -0.4 is 5.32 Å². The summed E-state index contributed by atoms with van der Waals surface area (Å²) in [6, 6.07) is 13.4. The fraction of sp³-hybridized carbons (Fsp3) is 0.133. The van der Waals surface area contributed by atoms with Crippen LogP contribution in [0.1, 0.15) is 18.5 Å². The van der Waals surface area contributed by atoms with Crippen LogP contribution in [0.5, 0.6) is 0 Å². The second-order valence-electron chi connectivity index (χ2n) is 4.63. The van der Waals surface area contributed by atoms with Crippen LogP contribution >= 0.6 is 23.2 Å². The van der Waals surface area contributed by atoms with Gasteiger partial charge in [0.15, 0.2) is 0 Å². The number of halogens is 2. The third-order valence-electron chi connectivity index (χ3n) is 3.17. The molecule has 5 heteroatoms. The molecule has 0 radical (unpaired) electrons. The molecule has 1 atom stereocenters. The topological polar surface area (TPSA) is 40.7 Å². The summed E-state index contributed by atoms with van der Waals surface area (Å²) in [6.07, 6.45) is 0. The summed E-state index contributed by atoms with van der Waals surface area (Å²) >= 11 is 12.1. The first-order valence-electron chi connectivity index (χ1n) is 6.30. The summed E-state index contributed by atoms with van der Waals surface area (Å²) in [6.45, 7) is 2.03. The molecule has 1 unspecified atom stereocenters. The highest BCUT2D eigenvalue weighted by molar-refractivity contribution is 6.35. The van der Waals surface area contributed by atoms with Gasteiger partial charge in [-0.2, -0.15) is 0 Å². The summed E-state index contributed by atoms with van der Waals surface area (Å²) in [5.74, 6) is 0.727. The number of benzene rings is 2. The molecule has 20 heavy (non-hydrogen) atoms. The Morgan fingerprint density at radius 2 is 1.95 bits per heavy atom. The van der Waals surface area contributed by atoms with E-state index >= 15 is 0 Å². The van der Waals surface area contributed by atoms with Crippen molar-refractivity contribution in [3.63, 3.8) is 0 Å². The lowest BCUT2D eigenvalue weighted by molar-refractivity contribution is 0.869. The molecule has 0 bridgehead atoms. The maximum absolute atomic E-state index is 6.21. The van der Waals surface area contributed by atoms with Crippen molar-refractivity contribution in [1.82, 2.24) is 9.97 Å². The zero-order valence-corrected chi connectivity index (χ0v) is 12.3. The Bertz CT molecular complexity index is 719. The van der Waals surface area contributed by atoms with Crippen molar-refractivity contribution in [1.29, 1.82) is 0 Å². The molecule has 3 aromatic rings. The largest absolute Gasteiger partial charge is 0.349 e. The molecular formula is C15H13Cl2N3. The fourth-order valence-corrected chi connectivity index (χ4v) is 2.73. The SMILES string of the molecule is CC(Nc1nc2ccccc2[nH]1)c1ccc(Cl)cc1Cl. The summed E-state index contributed by atoms with van der Waals surface area (Å²) in [5.41, 5.74) is 2.92. The summed E-state index contributed by atoms with van der Waals surface area (Å²) in [7, 11) is 0. The Morgan fingerprint density at radius 1 is 1.15 bits per heavy atom. The first kappa shape index (κ1) is 13.3. The zero-order valence-electron chi connectivity index (χ0n) is 10.8. The first-order valence-corrected chi connectivity index (χ1v) is 7.05. The molecule has 0 aliphatic heterocycles. The highest BCUT2D eigenvalue weighted by atomic mass is 35.5. The van der Waals surface area contributed by atoms with Crippen molar-refractivity contribution in [3.8, 4) is 0 Å². The molecule has 2 N–H and O–H groups in total. The van der Waals surface area contributed by atoms with E-state index in [-0.39, 0.29) is 6.04 Å². The van der Waals surface area contributed by atoms with E-state index in [1.54, 1.807) is 6.07 Å². The lowest BCUT2D eigenvalue weighted by Gasteiger charge is -2.15. The van der Waals surface area contributed by atoms with E-state index in [2.05, 4.69) is 15.3 Å². The molecule has 0 saturated heterocycles. The van der Waals surface area contributed by atoms with Gasteiger partial charge in [0.05, 0.1) is 17.1 Å². The summed E-state index contributed by atoms with van der Waals surface area (Å²) in [5, 5.41) is 4.59. The molecule has 102 valence electrons. The van der Waals surface area contributed by atoms with Gasteiger partial charge in [0.1, 0.15) is 0 Å². The van der Waals surface area contributed by atoms with E-state index < -0.39 is 0 Å². The van der Waals surface area contributed by atoms with Crippen LogP contribution in [-0.2, 0) is 0 Å². The van der Waals surface area contributed by atoms with Crippen LogP contribution in [0.2, 0.25) is 10.0 Å². The zero-order chi connectivity index (χ0) is 14.1. The second kappa shape index (κ2) is 5.35. The number of rotatable bonds is 3. The van der Waals surface area contributed by atoms with E-state index in [4.69, 9.17) is 23.2 Å². The second-order valence-corrected chi connectivity index (χ2v) is 5.48. The van der Waals surface area contributed by atoms with Crippen molar-refractivity contribution in [2.24, 2.45) is 0 Å². The number of imidazole rings is 1. The minimum absolute atomic E-state index is 0.0281. The van der Waals surface area contributed by atoms with Gasteiger partial charge in [-0.25, -0.2) is 4.98 Å². The third kappa shape index (κ3) is 2.60. The third-order valence-corrected chi connectivity index (χ3v) is 3.73. The molecule has 3 rings (SSSR count). The molecular weight excluding hydrogens is 293 g/mol. The smallest absolute Gasteiger partial charge is 0.201 e. The van der Waals surface area contributed by atoms with Gasteiger partial charge < -0.3 is 10.3 Å². The van der Waals surface area contributed by atoms with Crippen molar-refractivity contribution in [2.45, 2.75) is 13.0 Å². The minimum Gasteiger partial charge on any atom is -0.349 e. The van der Waals surface area contributed by atoms with E-state index in [0.29, 0.717) is 10.0 Å². The normalized spacial score (nSPS) is 12.6. The van der Waals surface area contributed by atoms with Gasteiger partial charge in [-0.3, -0.25) is 0 Å². The predicted molar refractivity (Wildman–Crippen MR) is 84.6 cm³/mol. The monoisotopic (exact) mass is 305 g/mol. The summed E-state index contributed by atoms with van der Waals surface area (Å²) in [4.78, 5) is 7.73. The molecule has 0 aliphatic rings.